The van der Waals surface area contributed by atoms with Crippen LogP contribution in [0.2, 0.25) is 0 Å². The van der Waals surface area contributed by atoms with Gasteiger partial charge in [-0.25, -0.2) is 0 Å². The predicted molar refractivity (Wildman–Crippen MR) is 74.0 cm³/mol. The molecule has 0 aromatic carbocycles. The Morgan fingerprint density at radius 2 is 2.06 bits per heavy atom. The number of nitrogens with zero attached hydrogens (tertiary/aromatic N) is 1. The molecule has 1 rings (SSSR count). The molecule has 0 bridgehead atoms. The second-order valence-electron chi connectivity index (χ2n) is 5.05. The van der Waals surface area contributed by atoms with Crippen molar-refractivity contribution in [2.75, 3.05) is 13.6 Å². The van der Waals surface area contributed by atoms with Crippen molar-refractivity contribution in [1.82, 2.24) is 10.2 Å². The van der Waals surface area contributed by atoms with Crippen molar-refractivity contribution in [3.63, 3.8) is 0 Å². The lowest BCUT2D eigenvalue weighted by Crippen LogP contribution is -2.49. The zero-order chi connectivity index (χ0) is 13.9. The SMILES string of the molecule is CCC(C)(C(=O)N(C)CC(=O)NC1CC1)C(N)=S. The van der Waals surface area contributed by atoms with Crippen LogP contribution in [0.25, 0.3) is 0 Å². The van der Waals surface area contributed by atoms with Crippen LogP contribution in [0.15, 0.2) is 0 Å². The van der Waals surface area contributed by atoms with E-state index in [9.17, 15) is 9.59 Å². The average Bonchev–Trinajstić information content (AvgIpc) is 3.10. The van der Waals surface area contributed by atoms with E-state index in [2.05, 4.69) is 5.32 Å². The molecule has 6 heteroatoms. The molecule has 0 heterocycles. The summed E-state index contributed by atoms with van der Waals surface area (Å²) in [5.41, 5.74) is 4.75. The van der Waals surface area contributed by atoms with Crippen LogP contribution in [0.3, 0.4) is 0 Å². The van der Waals surface area contributed by atoms with Gasteiger partial charge in [0.2, 0.25) is 11.8 Å². The molecule has 18 heavy (non-hydrogen) atoms. The summed E-state index contributed by atoms with van der Waals surface area (Å²) in [6.45, 7) is 3.62. The molecule has 5 nitrogen and oxygen atoms in total. The van der Waals surface area contributed by atoms with Crippen molar-refractivity contribution >= 4 is 29.0 Å². The molecule has 2 amide bonds. The molecule has 1 aliphatic rings. The third-order valence-corrected chi connectivity index (χ3v) is 3.84. The summed E-state index contributed by atoms with van der Waals surface area (Å²) in [5.74, 6) is -0.335. The molecule has 0 spiro atoms. The molecule has 1 aliphatic carbocycles. The Labute approximate surface area is 113 Å². The normalized spacial score (nSPS) is 17.7. The molecule has 1 saturated carbocycles. The maximum atomic E-state index is 12.3. The van der Waals surface area contributed by atoms with Gasteiger partial charge in [-0.3, -0.25) is 9.59 Å². The number of amides is 2. The van der Waals surface area contributed by atoms with E-state index >= 15 is 0 Å². The van der Waals surface area contributed by atoms with Gasteiger partial charge in [-0.15, -0.1) is 0 Å². The average molecular weight is 271 g/mol. The van der Waals surface area contributed by atoms with Gasteiger partial charge < -0.3 is 16.0 Å². The van der Waals surface area contributed by atoms with Gasteiger partial charge in [0.05, 0.1) is 16.9 Å². The summed E-state index contributed by atoms with van der Waals surface area (Å²) in [6, 6.07) is 0.300. The highest BCUT2D eigenvalue weighted by Gasteiger charge is 2.37. The van der Waals surface area contributed by atoms with E-state index in [4.69, 9.17) is 18.0 Å². The van der Waals surface area contributed by atoms with Crippen LogP contribution in [-0.4, -0.2) is 41.3 Å². The van der Waals surface area contributed by atoms with Gasteiger partial charge in [0, 0.05) is 13.1 Å². The summed E-state index contributed by atoms with van der Waals surface area (Å²) in [6.07, 6.45) is 2.58. The minimum Gasteiger partial charge on any atom is -0.392 e. The number of carbonyl (C=O) groups excluding carboxylic acids is 2. The fourth-order valence-corrected chi connectivity index (χ4v) is 1.87. The van der Waals surface area contributed by atoms with Gasteiger partial charge in [0.25, 0.3) is 0 Å². The first-order valence-corrected chi connectivity index (χ1v) is 6.57. The molecule has 1 fully saturated rings. The minimum atomic E-state index is -0.871. The van der Waals surface area contributed by atoms with Crippen molar-refractivity contribution in [3.05, 3.63) is 0 Å². The molecule has 102 valence electrons. The highest BCUT2D eigenvalue weighted by atomic mass is 32.1. The van der Waals surface area contributed by atoms with E-state index in [0.29, 0.717) is 12.5 Å². The van der Waals surface area contributed by atoms with E-state index < -0.39 is 5.41 Å². The molecular formula is C12H21N3O2S. The Morgan fingerprint density at radius 1 is 1.50 bits per heavy atom. The number of hydrogen-bond donors (Lipinski definition) is 2. The number of thiocarbonyl (C=S) groups is 1. The molecule has 1 atom stereocenters. The number of rotatable bonds is 6. The first-order valence-electron chi connectivity index (χ1n) is 6.16. The molecule has 0 aromatic heterocycles. The van der Waals surface area contributed by atoms with Gasteiger partial charge in [0.1, 0.15) is 0 Å². The predicted octanol–water partition coefficient (Wildman–Crippen LogP) is 0.426. The maximum Gasteiger partial charge on any atom is 0.239 e. The lowest BCUT2D eigenvalue weighted by atomic mass is 9.86. The first kappa shape index (κ1) is 14.9. The molecule has 0 saturated heterocycles. The number of hydrogen-bond acceptors (Lipinski definition) is 3. The standard InChI is InChI=1S/C12H21N3O2S/c1-4-12(2,10(13)18)11(17)15(3)7-9(16)14-8-5-6-8/h8H,4-7H2,1-3H3,(H2,13,18)(H,14,16). The summed E-state index contributed by atoms with van der Waals surface area (Å²) in [7, 11) is 1.60. The smallest absolute Gasteiger partial charge is 0.239 e. The highest BCUT2D eigenvalue weighted by molar-refractivity contribution is 7.80. The Kier molecular flexibility index (Phi) is 4.67. The van der Waals surface area contributed by atoms with Gasteiger partial charge >= 0.3 is 0 Å². The Hall–Kier alpha value is -1.17. The number of nitrogens with one attached hydrogen (secondary N) is 1. The number of carbonyl (C=O) groups is 2. The fourth-order valence-electron chi connectivity index (χ4n) is 1.64. The van der Waals surface area contributed by atoms with Crippen LogP contribution in [0.4, 0.5) is 0 Å². The Morgan fingerprint density at radius 3 is 2.44 bits per heavy atom. The Bertz CT molecular complexity index is 368. The van der Waals surface area contributed by atoms with Crippen molar-refractivity contribution in [1.29, 1.82) is 0 Å². The lowest BCUT2D eigenvalue weighted by Gasteiger charge is -2.30. The quantitative estimate of drug-likeness (QED) is 0.687. The zero-order valence-corrected chi connectivity index (χ0v) is 12.0. The van der Waals surface area contributed by atoms with Gasteiger partial charge in [-0.05, 0) is 26.2 Å². The van der Waals surface area contributed by atoms with Gasteiger partial charge in [-0.2, -0.15) is 0 Å². The van der Waals surface area contributed by atoms with Crippen LogP contribution in [0.1, 0.15) is 33.1 Å². The van der Waals surface area contributed by atoms with Crippen molar-refractivity contribution in [3.8, 4) is 0 Å². The van der Waals surface area contributed by atoms with E-state index in [1.165, 1.54) is 4.90 Å². The topological polar surface area (TPSA) is 75.4 Å². The number of likely N-dealkylation sites (N-methyl/N-ethyl adjacent to an activating group) is 1. The molecular weight excluding hydrogens is 250 g/mol. The van der Waals surface area contributed by atoms with Crippen LogP contribution in [0, 0.1) is 5.41 Å². The van der Waals surface area contributed by atoms with Crippen LogP contribution >= 0.6 is 12.2 Å². The third kappa shape index (κ3) is 3.41. The van der Waals surface area contributed by atoms with E-state index in [1.54, 1.807) is 14.0 Å². The van der Waals surface area contributed by atoms with Crippen molar-refractivity contribution < 1.29 is 9.59 Å². The van der Waals surface area contributed by atoms with Crippen molar-refractivity contribution in [2.45, 2.75) is 39.2 Å². The maximum absolute atomic E-state index is 12.3. The van der Waals surface area contributed by atoms with Crippen LogP contribution in [0.5, 0.6) is 0 Å². The summed E-state index contributed by atoms with van der Waals surface area (Å²) >= 11 is 4.95. The summed E-state index contributed by atoms with van der Waals surface area (Å²) < 4.78 is 0. The highest BCUT2D eigenvalue weighted by Crippen LogP contribution is 2.24. The van der Waals surface area contributed by atoms with Crippen molar-refractivity contribution in [2.24, 2.45) is 11.1 Å². The number of nitrogens with two attached hydrogens (primary N) is 1. The monoisotopic (exact) mass is 271 g/mol. The molecule has 0 radical (unpaired) electrons. The molecule has 0 aliphatic heterocycles. The lowest BCUT2D eigenvalue weighted by molar-refractivity contribution is -0.139. The molecule has 0 aromatic rings. The Balaban J connectivity index is 2.58. The largest absolute Gasteiger partial charge is 0.392 e. The zero-order valence-electron chi connectivity index (χ0n) is 11.2. The summed E-state index contributed by atoms with van der Waals surface area (Å²) in [5, 5.41) is 2.84. The van der Waals surface area contributed by atoms with Crippen LogP contribution < -0.4 is 11.1 Å². The second-order valence-corrected chi connectivity index (χ2v) is 5.49. The van der Waals surface area contributed by atoms with Gasteiger partial charge in [-0.1, -0.05) is 19.1 Å². The minimum absolute atomic E-state index is 0.0491. The van der Waals surface area contributed by atoms with Gasteiger partial charge in [0.15, 0.2) is 0 Å². The van der Waals surface area contributed by atoms with E-state index in [0.717, 1.165) is 12.8 Å². The van der Waals surface area contributed by atoms with E-state index in [1.807, 2.05) is 6.92 Å². The third-order valence-electron chi connectivity index (χ3n) is 3.39. The molecule has 1 unspecified atom stereocenters. The van der Waals surface area contributed by atoms with E-state index in [-0.39, 0.29) is 23.3 Å². The fraction of sp³-hybridized carbons (Fsp3) is 0.750. The van der Waals surface area contributed by atoms with Crippen LogP contribution in [-0.2, 0) is 9.59 Å². The first-order chi connectivity index (χ1) is 8.31. The second kappa shape index (κ2) is 5.65. The molecule has 3 N–H and O–H groups in total. The summed E-state index contributed by atoms with van der Waals surface area (Å²) in [4.78, 5) is 25.4.